The molecule has 1 N–H and O–H groups in total. The fourth-order valence-electron chi connectivity index (χ4n) is 3.62. The molecule has 0 bridgehead atoms. The van der Waals surface area contributed by atoms with Gasteiger partial charge in [-0.05, 0) is 71.6 Å². The molecule has 1 aromatic heterocycles. The number of nitrogens with one attached hydrogen (secondary N) is 1. The topological polar surface area (TPSA) is 34.0 Å². The molecule has 0 atom stereocenters. The van der Waals surface area contributed by atoms with E-state index in [2.05, 4.69) is 41.2 Å². The number of halogens is 2. The number of aromatic nitrogens is 1. The second kappa shape index (κ2) is 8.90. The summed E-state index contributed by atoms with van der Waals surface area (Å²) in [6.45, 7) is 4.11. The first kappa shape index (κ1) is 21.1. The molecule has 0 fully saturated rings. The summed E-state index contributed by atoms with van der Waals surface area (Å²) in [5.41, 5.74) is 5.01. The first-order chi connectivity index (χ1) is 14.9. The molecule has 1 heterocycles. The molecular weight excluding hydrogens is 455 g/mol. The van der Waals surface area contributed by atoms with E-state index in [-0.39, 0.29) is 17.8 Å². The SMILES string of the molecule is CC(C)c1cc(-c2ccc(Br)cc2)c(-c2ccc(F)cc2)n1C(=O)Nc1ccccc1. The lowest BCUT2D eigenvalue weighted by Crippen LogP contribution is -2.22. The highest BCUT2D eigenvalue weighted by molar-refractivity contribution is 9.10. The molecule has 0 unspecified atom stereocenters. The third-order valence-electron chi connectivity index (χ3n) is 5.12. The van der Waals surface area contributed by atoms with Gasteiger partial charge in [-0.3, -0.25) is 4.57 Å². The van der Waals surface area contributed by atoms with Crippen molar-refractivity contribution in [2.24, 2.45) is 0 Å². The summed E-state index contributed by atoms with van der Waals surface area (Å²) in [5.74, 6) is -0.213. The van der Waals surface area contributed by atoms with Crippen LogP contribution in [0.3, 0.4) is 0 Å². The summed E-state index contributed by atoms with van der Waals surface area (Å²) in [5, 5.41) is 2.99. The molecule has 0 spiro atoms. The maximum Gasteiger partial charge on any atom is 0.330 e. The van der Waals surface area contributed by atoms with Gasteiger partial charge in [0, 0.05) is 21.4 Å². The molecule has 0 saturated carbocycles. The predicted octanol–water partition coefficient (Wildman–Crippen LogP) is 7.93. The van der Waals surface area contributed by atoms with Crippen LogP contribution in [0.25, 0.3) is 22.4 Å². The number of amides is 1. The van der Waals surface area contributed by atoms with E-state index in [9.17, 15) is 9.18 Å². The van der Waals surface area contributed by atoms with Crippen LogP contribution in [0.2, 0.25) is 0 Å². The molecule has 4 aromatic rings. The first-order valence-corrected chi connectivity index (χ1v) is 10.9. The minimum atomic E-state index is -0.315. The third-order valence-corrected chi connectivity index (χ3v) is 5.65. The average Bonchev–Trinajstić information content (AvgIpc) is 3.17. The van der Waals surface area contributed by atoms with Gasteiger partial charge in [0.05, 0.1) is 5.69 Å². The minimum absolute atomic E-state index is 0.102. The van der Waals surface area contributed by atoms with Crippen LogP contribution in [0.15, 0.2) is 89.4 Å². The van der Waals surface area contributed by atoms with E-state index in [1.54, 1.807) is 16.7 Å². The Kier molecular flexibility index (Phi) is 6.05. The Morgan fingerprint density at radius 1 is 0.903 bits per heavy atom. The van der Waals surface area contributed by atoms with Crippen LogP contribution in [0, 0.1) is 5.82 Å². The molecule has 5 heteroatoms. The summed E-state index contributed by atoms with van der Waals surface area (Å²) in [4.78, 5) is 13.5. The number of para-hydroxylation sites is 1. The lowest BCUT2D eigenvalue weighted by atomic mass is 10.0. The zero-order valence-corrected chi connectivity index (χ0v) is 18.9. The molecule has 1 amide bonds. The highest BCUT2D eigenvalue weighted by Gasteiger charge is 2.24. The number of rotatable bonds is 4. The van der Waals surface area contributed by atoms with Gasteiger partial charge in [0.15, 0.2) is 0 Å². The van der Waals surface area contributed by atoms with E-state index in [0.29, 0.717) is 5.69 Å². The van der Waals surface area contributed by atoms with Crippen LogP contribution in [-0.2, 0) is 0 Å². The van der Waals surface area contributed by atoms with Crippen LogP contribution in [0.4, 0.5) is 14.9 Å². The zero-order chi connectivity index (χ0) is 22.0. The van der Waals surface area contributed by atoms with Gasteiger partial charge in [-0.25, -0.2) is 9.18 Å². The lowest BCUT2D eigenvalue weighted by molar-refractivity contribution is 0.253. The van der Waals surface area contributed by atoms with Crippen molar-refractivity contribution in [1.82, 2.24) is 4.57 Å². The van der Waals surface area contributed by atoms with Gasteiger partial charge in [-0.15, -0.1) is 0 Å². The monoisotopic (exact) mass is 476 g/mol. The Hall–Kier alpha value is -3.18. The Bertz CT molecular complexity index is 1200. The number of carbonyl (C=O) groups is 1. The molecule has 31 heavy (non-hydrogen) atoms. The van der Waals surface area contributed by atoms with E-state index >= 15 is 0 Å². The van der Waals surface area contributed by atoms with E-state index in [1.807, 2.05) is 54.6 Å². The first-order valence-electron chi connectivity index (χ1n) is 10.1. The number of hydrogen-bond acceptors (Lipinski definition) is 1. The molecule has 4 rings (SSSR count). The number of benzene rings is 3. The number of hydrogen-bond donors (Lipinski definition) is 1. The Morgan fingerprint density at radius 3 is 2.13 bits per heavy atom. The van der Waals surface area contributed by atoms with Gasteiger partial charge in [0.25, 0.3) is 0 Å². The molecule has 0 aliphatic heterocycles. The van der Waals surface area contributed by atoms with Crippen LogP contribution in [-0.4, -0.2) is 10.6 Å². The second-order valence-electron chi connectivity index (χ2n) is 7.63. The van der Waals surface area contributed by atoms with Crippen molar-refractivity contribution in [2.75, 3.05) is 5.32 Å². The van der Waals surface area contributed by atoms with Crippen molar-refractivity contribution in [2.45, 2.75) is 19.8 Å². The molecular formula is C26H22BrFN2O. The molecule has 3 aromatic carbocycles. The van der Waals surface area contributed by atoms with Crippen molar-refractivity contribution >= 4 is 27.6 Å². The third kappa shape index (κ3) is 4.47. The van der Waals surface area contributed by atoms with Crippen LogP contribution >= 0.6 is 15.9 Å². The predicted molar refractivity (Wildman–Crippen MR) is 128 cm³/mol. The summed E-state index contributed by atoms with van der Waals surface area (Å²) >= 11 is 3.48. The number of carbonyl (C=O) groups excluding carboxylic acids is 1. The Morgan fingerprint density at radius 2 is 1.52 bits per heavy atom. The standard InChI is InChI=1S/C26H22BrFN2O/c1-17(2)24-16-23(18-8-12-20(27)13-9-18)25(19-10-14-21(28)15-11-19)30(24)26(31)29-22-6-4-3-5-7-22/h3-17H,1-2H3,(H,29,31). The number of anilines is 1. The summed E-state index contributed by atoms with van der Waals surface area (Å²) in [6, 6.07) is 25.4. The van der Waals surface area contributed by atoms with Crippen LogP contribution in [0.5, 0.6) is 0 Å². The van der Waals surface area contributed by atoms with Gasteiger partial charge in [0.1, 0.15) is 5.82 Å². The van der Waals surface area contributed by atoms with Gasteiger partial charge < -0.3 is 5.32 Å². The zero-order valence-electron chi connectivity index (χ0n) is 17.3. The Balaban J connectivity index is 1.93. The molecule has 0 aliphatic rings. The highest BCUT2D eigenvalue weighted by atomic mass is 79.9. The minimum Gasteiger partial charge on any atom is -0.307 e. The van der Waals surface area contributed by atoms with Gasteiger partial charge >= 0.3 is 6.03 Å². The van der Waals surface area contributed by atoms with Crippen molar-refractivity contribution in [3.63, 3.8) is 0 Å². The number of nitrogens with zero attached hydrogens (tertiary/aromatic N) is 1. The van der Waals surface area contributed by atoms with E-state index in [0.717, 1.165) is 32.6 Å². The average molecular weight is 477 g/mol. The molecule has 3 nitrogen and oxygen atoms in total. The summed E-state index contributed by atoms with van der Waals surface area (Å²) < 4.78 is 16.3. The normalized spacial score (nSPS) is 11.0. The van der Waals surface area contributed by atoms with E-state index in [4.69, 9.17) is 0 Å². The van der Waals surface area contributed by atoms with Crippen LogP contribution < -0.4 is 5.32 Å². The fourth-order valence-corrected chi connectivity index (χ4v) is 3.88. The largest absolute Gasteiger partial charge is 0.330 e. The van der Waals surface area contributed by atoms with E-state index in [1.165, 1.54) is 12.1 Å². The van der Waals surface area contributed by atoms with Crippen molar-refractivity contribution < 1.29 is 9.18 Å². The van der Waals surface area contributed by atoms with Crippen LogP contribution in [0.1, 0.15) is 25.5 Å². The Labute approximate surface area is 189 Å². The lowest BCUT2D eigenvalue weighted by Gasteiger charge is -2.16. The maximum absolute atomic E-state index is 13.7. The van der Waals surface area contributed by atoms with Crippen molar-refractivity contribution in [1.29, 1.82) is 0 Å². The van der Waals surface area contributed by atoms with Crippen molar-refractivity contribution in [3.05, 3.63) is 101 Å². The van der Waals surface area contributed by atoms with Gasteiger partial charge in [-0.1, -0.05) is 60.1 Å². The van der Waals surface area contributed by atoms with Gasteiger partial charge in [0.2, 0.25) is 0 Å². The molecule has 156 valence electrons. The second-order valence-corrected chi connectivity index (χ2v) is 8.55. The fraction of sp³-hybridized carbons (Fsp3) is 0.115. The summed E-state index contributed by atoms with van der Waals surface area (Å²) in [6.07, 6.45) is 0. The van der Waals surface area contributed by atoms with E-state index < -0.39 is 0 Å². The smallest absolute Gasteiger partial charge is 0.307 e. The maximum atomic E-state index is 13.7. The molecule has 0 aliphatic carbocycles. The highest BCUT2D eigenvalue weighted by Crippen LogP contribution is 2.38. The van der Waals surface area contributed by atoms with Gasteiger partial charge in [-0.2, -0.15) is 0 Å². The molecule has 0 saturated heterocycles. The quantitative estimate of drug-likeness (QED) is 0.318. The molecule has 0 radical (unpaired) electrons. The van der Waals surface area contributed by atoms with Crippen molar-refractivity contribution in [3.8, 4) is 22.4 Å². The summed E-state index contributed by atoms with van der Waals surface area (Å²) in [7, 11) is 0.